The first-order valence-corrected chi connectivity index (χ1v) is 4.91. The molecule has 0 atom stereocenters. The Hall–Kier alpha value is -1.65. The summed E-state index contributed by atoms with van der Waals surface area (Å²) in [5.74, 6) is 0.859. The number of nitrogens with one attached hydrogen (secondary N) is 1. The number of aromatic nitrogens is 2. The van der Waals surface area contributed by atoms with Crippen LogP contribution in [0.5, 0.6) is 0 Å². The maximum absolute atomic E-state index is 10.6. The molecule has 0 radical (unpaired) electrons. The van der Waals surface area contributed by atoms with E-state index < -0.39 is 0 Å². The number of carbonyl (C=O) groups is 1. The molecule has 1 aromatic heterocycles. The zero-order valence-electron chi connectivity index (χ0n) is 9.10. The first kappa shape index (κ1) is 11.4. The Labute approximate surface area is 89.5 Å². The molecule has 0 aromatic carbocycles. The van der Waals surface area contributed by atoms with E-state index in [-0.39, 0.29) is 5.91 Å². The molecule has 1 amide bonds. The maximum Gasteiger partial charge on any atom is 0.216 e. The Morgan fingerprint density at radius 2 is 2.33 bits per heavy atom. The van der Waals surface area contributed by atoms with Gasteiger partial charge in [0.15, 0.2) is 0 Å². The smallest absolute Gasteiger partial charge is 0.216 e. The summed E-state index contributed by atoms with van der Waals surface area (Å²) in [6.45, 7) is 3.06. The van der Waals surface area contributed by atoms with Gasteiger partial charge in [0.05, 0.1) is 6.20 Å². The van der Waals surface area contributed by atoms with Crippen LogP contribution in [0.1, 0.15) is 13.3 Å². The summed E-state index contributed by atoms with van der Waals surface area (Å²) < 4.78 is 0. The predicted octanol–water partition coefficient (Wildman–Crippen LogP) is 0.439. The van der Waals surface area contributed by atoms with Gasteiger partial charge in [-0.3, -0.25) is 9.78 Å². The zero-order chi connectivity index (χ0) is 11.1. The molecule has 0 aliphatic heterocycles. The van der Waals surface area contributed by atoms with E-state index in [1.165, 1.54) is 6.92 Å². The molecular weight excluding hydrogens is 192 g/mol. The van der Waals surface area contributed by atoms with Gasteiger partial charge in [0.1, 0.15) is 5.82 Å². The molecule has 15 heavy (non-hydrogen) atoms. The van der Waals surface area contributed by atoms with E-state index in [9.17, 15) is 4.79 Å². The van der Waals surface area contributed by atoms with Crippen molar-refractivity contribution in [3.8, 4) is 0 Å². The molecule has 5 nitrogen and oxygen atoms in total. The van der Waals surface area contributed by atoms with E-state index in [0.29, 0.717) is 6.54 Å². The highest BCUT2D eigenvalue weighted by atomic mass is 16.1. The summed E-state index contributed by atoms with van der Waals surface area (Å²) in [4.78, 5) is 20.8. The Balaban J connectivity index is 2.25. The van der Waals surface area contributed by atoms with Crippen LogP contribution in [0.25, 0.3) is 0 Å². The van der Waals surface area contributed by atoms with E-state index in [1.54, 1.807) is 18.6 Å². The Kier molecular flexibility index (Phi) is 4.53. The minimum Gasteiger partial charge on any atom is -0.358 e. The normalized spacial score (nSPS) is 9.73. The minimum atomic E-state index is 0.0113. The van der Waals surface area contributed by atoms with E-state index >= 15 is 0 Å². The highest BCUT2D eigenvalue weighted by molar-refractivity contribution is 5.72. The first-order valence-electron chi connectivity index (χ1n) is 4.91. The molecule has 0 saturated heterocycles. The summed E-state index contributed by atoms with van der Waals surface area (Å²) >= 11 is 0. The third-order valence-corrected chi connectivity index (χ3v) is 1.98. The van der Waals surface area contributed by atoms with Crippen molar-refractivity contribution in [1.82, 2.24) is 15.3 Å². The third kappa shape index (κ3) is 4.39. The average molecular weight is 208 g/mol. The average Bonchev–Trinajstić information content (AvgIpc) is 2.25. The second-order valence-electron chi connectivity index (χ2n) is 3.32. The van der Waals surface area contributed by atoms with Gasteiger partial charge in [0.2, 0.25) is 5.91 Å². The molecule has 1 heterocycles. The van der Waals surface area contributed by atoms with Crippen molar-refractivity contribution >= 4 is 11.7 Å². The molecule has 0 aliphatic carbocycles. The lowest BCUT2D eigenvalue weighted by Gasteiger charge is -2.17. The summed E-state index contributed by atoms with van der Waals surface area (Å²) in [7, 11) is 1.96. The molecule has 82 valence electrons. The van der Waals surface area contributed by atoms with Gasteiger partial charge < -0.3 is 10.2 Å². The van der Waals surface area contributed by atoms with Crippen LogP contribution < -0.4 is 10.2 Å². The van der Waals surface area contributed by atoms with E-state index in [1.807, 2.05) is 11.9 Å². The van der Waals surface area contributed by atoms with Gasteiger partial charge in [-0.1, -0.05) is 0 Å². The van der Waals surface area contributed by atoms with Gasteiger partial charge in [-0.05, 0) is 6.42 Å². The molecule has 0 spiro atoms. The number of hydrogen-bond donors (Lipinski definition) is 1. The van der Waals surface area contributed by atoms with Gasteiger partial charge in [0, 0.05) is 39.5 Å². The standard InChI is InChI=1S/C10H16N4O/c1-9(15)12-4-3-7-14(2)10-8-11-5-6-13-10/h5-6,8H,3-4,7H2,1-2H3,(H,12,15). The van der Waals surface area contributed by atoms with Crippen LogP contribution in [0.3, 0.4) is 0 Å². The highest BCUT2D eigenvalue weighted by Crippen LogP contribution is 2.04. The van der Waals surface area contributed by atoms with Gasteiger partial charge in [0.25, 0.3) is 0 Å². The summed E-state index contributed by atoms with van der Waals surface area (Å²) in [6, 6.07) is 0. The SMILES string of the molecule is CC(=O)NCCCN(C)c1cnccn1. The quantitative estimate of drug-likeness (QED) is 0.713. The van der Waals surface area contributed by atoms with Crippen molar-refractivity contribution in [2.24, 2.45) is 0 Å². The van der Waals surface area contributed by atoms with Crippen molar-refractivity contribution in [2.75, 3.05) is 25.0 Å². The predicted molar refractivity (Wildman–Crippen MR) is 58.6 cm³/mol. The monoisotopic (exact) mass is 208 g/mol. The molecule has 0 bridgehead atoms. The third-order valence-electron chi connectivity index (χ3n) is 1.98. The lowest BCUT2D eigenvalue weighted by atomic mass is 10.4. The fraction of sp³-hybridized carbons (Fsp3) is 0.500. The molecule has 5 heteroatoms. The molecule has 1 aromatic rings. The lowest BCUT2D eigenvalue weighted by Crippen LogP contribution is -2.26. The van der Waals surface area contributed by atoms with E-state index in [2.05, 4.69) is 15.3 Å². The van der Waals surface area contributed by atoms with Gasteiger partial charge in [-0.2, -0.15) is 0 Å². The fourth-order valence-electron chi connectivity index (χ4n) is 1.18. The molecular formula is C10H16N4O. The van der Waals surface area contributed by atoms with Gasteiger partial charge in [-0.25, -0.2) is 4.98 Å². The molecule has 0 fully saturated rings. The molecule has 1 rings (SSSR count). The topological polar surface area (TPSA) is 58.1 Å². The highest BCUT2D eigenvalue weighted by Gasteiger charge is 2.00. The number of rotatable bonds is 5. The van der Waals surface area contributed by atoms with Gasteiger partial charge >= 0.3 is 0 Å². The molecule has 0 unspecified atom stereocenters. The Morgan fingerprint density at radius 3 is 2.93 bits per heavy atom. The maximum atomic E-state index is 10.6. The number of nitrogens with zero attached hydrogens (tertiary/aromatic N) is 3. The fourth-order valence-corrected chi connectivity index (χ4v) is 1.18. The van der Waals surface area contributed by atoms with Crippen LogP contribution in [-0.4, -0.2) is 36.0 Å². The van der Waals surface area contributed by atoms with Crippen LogP contribution in [0.4, 0.5) is 5.82 Å². The zero-order valence-corrected chi connectivity index (χ0v) is 9.10. The van der Waals surface area contributed by atoms with Crippen LogP contribution in [0.15, 0.2) is 18.6 Å². The van der Waals surface area contributed by atoms with Crippen molar-refractivity contribution in [3.05, 3.63) is 18.6 Å². The van der Waals surface area contributed by atoms with Crippen LogP contribution in [-0.2, 0) is 4.79 Å². The molecule has 0 aliphatic rings. The number of hydrogen-bond acceptors (Lipinski definition) is 4. The van der Waals surface area contributed by atoms with E-state index in [0.717, 1.165) is 18.8 Å². The Bertz CT molecular complexity index is 302. The number of carbonyl (C=O) groups excluding carboxylic acids is 1. The number of anilines is 1. The summed E-state index contributed by atoms with van der Waals surface area (Å²) in [6.07, 6.45) is 5.93. The summed E-state index contributed by atoms with van der Waals surface area (Å²) in [5, 5.41) is 2.75. The van der Waals surface area contributed by atoms with E-state index in [4.69, 9.17) is 0 Å². The summed E-state index contributed by atoms with van der Waals surface area (Å²) in [5.41, 5.74) is 0. The Morgan fingerprint density at radius 1 is 1.53 bits per heavy atom. The van der Waals surface area contributed by atoms with Crippen LogP contribution in [0.2, 0.25) is 0 Å². The minimum absolute atomic E-state index is 0.0113. The second-order valence-corrected chi connectivity index (χ2v) is 3.32. The largest absolute Gasteiger partial charge is 0.358 e. The van der Waals surface area contributed by atoms with Gasteiger partial charge in [-0.15, -0.1) is 0 Å². The second kappa shape index (κ2) is 5.95. The van der Waals surface area contributed by atoms with Crippen LogP contribution in [0, 0.1) is 0 Å². The van der Waals surface area contributed by atoms with Crippen molar-refractivity contribution in [2.45, 2.75) is 13.3 Å². The van der Waals surface area contributed by atoms with Crippen molar-refractivity contribution in [3.63, 3.8) is 0 Å². The van der Waals surface area contributed by atoms with Crippen LogP contribution >= 0.6 is 0 Å². The lowest BCUT2D eigenvalue weighted by molar-refractivity contribution is -0.118. The molecule has 1 N–H and O–H groups in total. The van der Waals surface area contributed by atoms with Crippen molar-refractivity contribution < 1.29 is 4.79 Å². The first-order chi connectivity index (χ1) is 7.20. The van der Waals surface area contributed by atoms with Crippen molar-refractivity contribution in [1.29, 1.82) is 0 Å². The number of amides is 1. The molecule has 0 saturated carbocycles.